The topological polar surface area (TPSA) is 89.6 Å². The summed E-state index contributed by atoms with van der Waals surface area (Å²) < 4.78 is 12.7. The number of furan rings is 1. The summed E-state index contributed by atoms with van der Waals surface area (Å²) in [6.07, 6.45) is 1.35. The molecule has 3 aromatic rings. The Bertz CT molecular complexity index is 1070. The van der Waals surface area contributed by atoms with Crippen LogP contribution in [-0.2, 0) is 16.1 Å². The van der Waals surface area contributed by atoms with Crippen molar-refractivity contribution in [1.29, 1.82) is 0 Å². The van der Waals surface area contributed by atoms with Gasteiger partial charge in [0.1, 0.15) is 17.6 Å². The number of fused-ring (bicyclic) bond motifs is 3. The largest absolute Gasteiger partial charge is 0.448 e. The van der Waals surface area contributed by atoms with Crippen molar-refractivity contribution in [3.8, 4) is 0 Å². The van der Waals surface area contributed by atoms with E-state index in [4.69, 9.17) is 9.15 Å². The Morgan fingerprint density at radius 2 is 2.17 bits per heavy atom. The number of hydrogen-bond donors (Lipinski definition) is 1. The molecule has 154 valence electrons. The van der Waals surface area contributed by atoms with Crippen LogP contribution < -0.4 is 10.9 Å². The second-order valence-electron chi connectivity index (χ2n) is 7.90. The van der Waals surface area contributed by atoms with Crippen LogP contribution in [0.1, 0.15) is 13.8 Å². The summed E-state index contributed by atoms with van der Waals surface area (Å²) in [5.41, 5.74) is 0.928. The molecule has 1 fully saturated rings. The first-order chi connectivity index (χ1) is 14.0. The first kappa shape index (κ1) is 19.6. The Balaban J connectivity index is 1.39. The molecule has 0 bridgehead atoms. The molecule has 0 saturated carbocycles. The number of rotatable bonds is 6. The summed E-state index contributed by atoms with van der Waals surface area (Å²) in [7, 11) is 0. The summed E-state index contributed by atoms with van der Waals surface area (Å²) in [6, 6.07) is 7.36. The van der Waals surface area contributed by atoms with Crippen molar-refractivity contribution < 1.29 is 13.9 Å². The maximum Gasteiger partial charge on any atom is 0.297 e. The van der Waals surface area contributed by atoms with Crippen molar-refractivity contribution >= 4 is 28.0 Å². The third-order valence-corrected chi connectivity index (χ3v) is 5.04. The van der Waals surface area contributed by atoms with Crippen LogP contribution in [-0.4, -0.2) is 59.2 Å². The summed E-state index contributed by atoms with van der Waals surface area (Å²) in [5, 5.41) is 3.66. The molecule has 0 spiro atoms. The van der Waals surface area contributed by atoms with E-state index in [1.807, 2.05) is 18.2 Å². The van der Waals surface area contributed by atoms with E-state index in [1.54, 1.807) is 6.07 Å². The minimum absolute atomic E-state index is 0.0425. The molecule has 1 aromatic carbocycles. The van der Waals surface area contributed by atoms with E-state index < -0.39 is 0 Å². The molecule has 8 nitrogen and oxygen atoms in total. The van der Waals surface area contributed by atoms with Crippen molar-refractivity contribution in [3.05, 3.63) is 40.9 Å². The van der Waals surface area contributed by atoms with E-state index in [9.17, 15) is 9.59 Å². The first-order valence-corrected chi connectivity index (χ1v) is 9.98. The van der Waals surface area contributed by atoms with Crippen LogP contribution in [0.25, 0.3) is 22.1 Å². The van der Waals surface area contributed by atoms with E-state index in [0.717, 1.165) is 25.0 Å². The van der Waals surface area contributed by atoms with Crippen molar-refractivity contribution in [2.24, 2.45) is 5.92 Å². The van der Waals surface area contributed by atoms with Crippen LogP contribution in [0, 0.1) is 5.92 Å². The van der Waals surface area contributed by atoms with Crippen molar-refractivity contribution in [2.75, 3.05) is 32.8 Å². The van der Waals surface area contributed by atoms with Crippen LogP contribution in [0.15, 0.2) is 39.8 Å². The van der Waals surface area contributed by atoms with Gasteiger partial charge in [0.15, 0.2) is 0 Å². The van der Waals surface area contributed by atoms with Gasteiger partial charge in [-0.1, -0.05) is 26.0 Å². The summed E-state index contributed by atoms with van der Waals surface area (Å²) in [6.45, 7) is 8.09. The van der Waals surface area contributed by atoms with E-state index in [2.05, 4.69) is 29.0 Å². The van der Waals surface area contributed by atoms with Gasteiger partial charge in [0.05, 0.1) is 19.0 Å². The maximum absolute atomic E-state index is 12.7. The lowest BCUT2D eigenvalue weighted by molar-refractivity contribution is -0.123. The summed E-state index contributed by atoms with van der Waals surface area (Å²) in [5.74, 6) is 0.338. The Kier molecular flexibility index (Phi) is 5.64. The Morgan fingerprint density at radius 1 is 1.34 bits per heavy atom. The monoisotopic (exact) mass is 398 g/mol. The highest BCUT2D eigenvalue weighted by Crippen LogP contribution is 2.23. The minimum Gasteiger partial charge on any atom is -0.448 e. The second kappa shape index (κ2) is 8.34. The predicted octanol–water partition coefficient (Wildman–Crippen LogP) is 1.62. The molecule has 1 aliphatic rings. The fraction of sp³-hybridized carbons (Fsp3) is 0.476. The lowest BCUT2D eigenvalue weighted by atomic mass is 10.2. The van der Waals surface area contributed by atoms with Gasteiger partial charge < -0.3 is 14.5 Å². The smallest absolute Gasteiger partial charge is 0.297 e. The standard InChI is InChI=1S/C21H26N4O4/c1-14(2)10-24-7-8-28-15(11-24)9-22-18(26)12-25-13-23-19-16-5-3-4-6-17(16)29-20(19)21(25)27/h3-6,13-15H,7-12H2,1-2H3,(H,22,26). The zero-order valence-corrected chi connectivity index (χ0v) is 16.8. The van der Waals surface area contributed by atoms with E-state index >= 15 is 0 Å². The summed E-state index contributed by atoms with van der Waals surface area (Å²) in [4.78, 5) is 31.8. The maximum atomic E-state index is 12.7. The SMILES string of the molecule is CC(C)CN1CCOC(CNC(=O)Cn2cnc3c(oc4ccccc43)c2=O)C1. The highest BCUT2D eigenvalue weighted by atomic mass is 16.5. The molecule has 0 radical (unpaired) electrons. The van der Waals surface area contributed by atoms with Crippen molar-refractivity contribution in [2.45, 2.75) is 26.5 Å². The number of carbonyl (C=O) groups is 1. The highest BCUT2D eigenvalue weighted by molar-refractivity contribution is 6.01. The number of ether oxygens (including phenoxy) is 1. The molecule has 2 aromatic heterocycles. The van der Waals surface area contributed by atoms with E-state index in [1.165, 1.54) is 10.9 Å². The zero-order valence-electron chi connectivity index (χ0n) is 16.8. The molecular weight excluding hydrogens is 372 g/mol. The number of aromatic nitrogens is 2. The van der Waals surface area contributed by atoms with Crippen LogP contribution in [0.5, 0.6) is 0 Å². The molecule has 4 rings (SSSR count). The van der Waals surface area contributed by atoms with E-state index in [-0.39, 0.29) is 29.7 Å². The number of nitrogens with zero attached hydrogens (tertiary/aromatic N) is 3. The van der Waals surface area contributed by atoms with Gasteiger partial charge in [-0.3, -0.25) is 19.1 Å². The minimum atomic E-state index is -0.363. The summed E-state index contributed by atoms with van der Waals surface area (Å²) >= 11 is 0. The van der Waals surface area contributed by atoms with Crippen molar-refractivity contribution in [3.63, 3.8) is 0 Å². The lowest BCUT2D eigenvalue weighted by Crippen LogP contribution is -2.48. The molecular formula is C21H26N4O4. The number of para-hydroxylation sites is 1. The van der Waals surface area contributed by atoms with Gasteiger partial charge in [-0.05, 0) is 18.1 Å². The quantitative estimate of drug-likeness (QED) is 0.679. The van der Waals surface area contributed by atoms with Gasteiger partial charge >= 0.3 is 0 Å². The van der Waals surface area contributed by atoms with Crippen LogP contribution >= 0.6 is 0 Å². The third-order valence-electron chi connectivity index (χ3n) is 5.04. The Morgan fingerprint density at radius 3 is 3.00 bits per heavy atom. The van der Waals surface area contributed by atoms with Crippen LogP contribution in [0.2, 0.25) is 0 Å². The van der Waals surface area contributed by atoms with Crippen molar-refractivity contribution in [1.82, 2.24) is 19.8 Å². The number of benzene rings is 1. The number of hydrogen-bond acceptors (Lipinski definition) is 6. The average Bonchev–Trinajstić information content (AvgIpc) is 3.08. The van der Waals surface area contributed by atoms with Gasteiger partial charge in [0, 0.05) is 31.6 Å². The zero-order chi connectivity index (χ0) is 20.4. The molecule has 1 N–H and O–H groups in total. The fourth-order valence-corrected chi connectivity index (χ4v) is 3.75. The van der Waals surface area contributed by atoms with Crippen LogP contribution in [0.4, 0.5) is 0 Å². The number of carbonyl (C=O) groups excluding carboxylic acids is 1. The Hall–Kier alpha value is -2.71. The number of amides is 1. The normalized spacial score (nSPS) is 18.0. The predicted molar refractivity (Wildman–Crippen MR) is 110 cm³/mol. The average molecular weight is 398 g/mol. The first-order valence-electron chi connectivity index (χ1n) is 9.98. The highest BCUT2D eigenvalue weighted by Gasteiger charge is 2.21. The Labute approximate surface area is 168 Å². The molecule has 1 saturated heterocycles. The van der Waals surface area contributed by atoms with Crippen LogP contribution in [0.3, 0.4) is 0 Å². The number of nitrogens with one attached hydrogen (secondary N) is 1. The third kappa shape index (κ3) is 4.33. The lowest BCUT2D eigenvalue weighted by Gasteiger charge is -2.33. The molecule has 1 atom stereocenters. The van der Waals surface area contributed by atoms with Gasteiger partial charge in [0.2, 0.25) is 11.5 Å². The molecule has 0 aliphatic carbocycles. The fourth-order valence-electron chi connectivity index (χ4n) is 3.75. The molecule has 3 heterocycles. The number of morpholine rings is 1. The molecule has 1 amide bonds. The molecule has 29 heavy (non-hydrogen) atoms. The molecule has 1 aliphatic heterocycles. The molecule has 1 unspecified atom stereocenters. The van der Waals surface area contributed by atoms with E-state index in [0.29, 0.717) is 30.2 Å². The van der Waals surface area contributed by atoms with Gasteiger partial charge in [-0.25, -0.2) is 4.98 Å². The molecule has 8 heteroatoms. The second-order valence-corrected chi connectivity index (χ2v) is 7.90. The van der Waals surface area contributed by atoms with Gasteiger partial charge in [-0.15, -0.1) is 0 Å². The van der Waals surface area contributed by atoms with Gasteiger partial charge in [0.25, 0.3) is 5.56 Å². The van der Waals surface area contributed by atoms with Gasteiger partial charge in [-0.2, -0.15) is 0 Å².